The number of imide groups is 1. The van der Waals surface area contributed by atoms with Crippen LogP contribution in [0.2, 0.25) is 0 Å². The largest absolute Gasteiger partial charge is 0.507 e. The maximum atomic E-state index is 13.7. The Bertz CT molecular complexity index is 3570. The molecule has 5 aromatic carbocycles. The number of rotatable bonds is 3. The first-order chi connectivity index (χ1) is 37.4. The number of nitrogens with zero attached hydrogens (tertiary/aromatic N) is 7. The summed E-state index contributed by atoms with van der Waals surface area (Å²) in [7, 11) is 4.04. The number of benzene rings is 5. The molecule has 20 heteroatoms. The number of fused-ring (bicyclic) bond motifs is 19. The first-order valence-electron chi connectivity index (χ1n) is 26.8. The maximum absolute atomic E-state index is 13.7. The molecular formula is C62H70Ac2N8O10. The maximum Gasteiger partial charge on any atom is 0.261 e. The Hall–Kier alpha value is -4.70. The average Bonchev–Trinajstić information content (AvgIpc) is 3.10. The molecule has 10 atom stereocenters. The van der Waals surface area contributed by atoms with Crippen molar-refractivity contribution in [2.75, 3.05) is 40.8 Å². The number of carbonyl (C=O) groups excluding carboxylic acids is 2. The van der Waals surface area contributed by atoms with Gasteiger partial charge in [-0.3, -0.25) is 34.1 Å². The van der Waals surface area contributed by atoms with E-state index in [1.807, 2.05) is 48.7 Å². The smallest absolute Gasteiger partial charge is 0.261 e. The van der Waals surface area contributed by atoms with Crippen LogP contribution in [0.1, 0.15) is 138 Å². The Labute approximate surface area is 550 Å². The third-order valence-corrected chi connectivity index (χ3v) is 19.4. The Morgan fingerprint density at radius 2 is 0.951 bits per heavy atom. The van der Waals surface area contributed by atoms with Crippen LogP contribution in [0.15, 0.2) is 36.4 Å². The number of ether oxygens (including phenoxy) is 4. The van der Waals surface area contributed by atoms with Gasteiger partial charge in [-0.2, -0.15) is 10.5 Å². The molecule has 4 bridgehead atoms. The summed E-state index contributed by atoms with van der Waals surface area (Å²) in [6.45, 7) is 11.8. The minimum atomic E-state index is -0.675. The van der Waals surface area contributed by atoms with Crippen molar-refractivity contribution in [3.8, 4) is 58.1 Å². The molecule has 14 rings (SSSR count). The average molecular weight is 1540 g/mol. The van der Waals surface area contributed by atoms with Crippen LogP contribution in [-0.4, -0.2) is 134 Å². The second-order valence-electron chi connectivity index (χ2n) is 22.7. The molecule has 0 aromatic heterocycles. The predicted octanol–water partition coefficient (Wildman–Crippen LogP) is 7.57. The summed E-state index contributed by atoms with van der Waals surface area (Å²) in [5, 5.41) is 66.9. The van der Waals surface area contributed by atoms with Crippen molar-refractivity contribution in [2.45, 2.75) is 142 Å². The number of carbonyl (C=O) groups is 2. The van der Waals surface area contributed by atoms with E-state index < -0.39 is 29.9 Å². The molecule has 2 saturated heterocycles. The van der Waals surface area contributed by atoms with Gasteiger partial charge in [-0.1, -0.05) is 39.1 Å². The fourth-order valence-corrected chi connectivity index (χ4v) is 15.4. The summed E-state index contributed by atoms with van der Waals surface area (Å²) >= 11 is 0. The van der Waals surface area contributed by atoms with E-state index in [1.54, 1.807) is 31.2 Å². The molecule has 9 heterocycles. The van der Waals surface area contributed by atoms with Crippen LogP contribution in [0.3, 0.4) is 0 Å². The molecule has 18 nitrogen and oxygen atoms in total. The van der Waals surface area contributed by atoms with E-state index in [4.69, 9.17) is 24.7 Å². The second-order valence-corrected chi connectivity index (χ2v) is 22.7. The van der Waals surface area contributed by atoms with Crippen molar-refractivity contribution < 1.29 is 137 Å². The molecule has 0 aliphatic carbocycles. The molecular weight excluding hydrogens is 1470 g/mol. The van der Waals surface area contributed by atoms with Crippen molar-refractivity contribution in [3.05, 3.63) is 125 Å². The van der Waals surface area contributed by atoms with Gasteiger partial charge in [0.1, 0.15) is 35.1 Å². The van der Waals surface area contributed by atoms with E-state index in [0.29, 0.717) is 87.8 Å². The fourth-order valence-electron chi connectivity index (χ4n) is 15.4. The van der Waals surface area contributed by atoms with E-state index in [2.05, 4.69) is 43.9 Å². The number of amides is 2. The van der Waals surface area contributed by atoms with Crippen LogP contribution < -0.4 is 24.7 Å². The Kier molecular flexibility index (Phi) is 17.1. The molecule has 2 radical (unpaired) electrons. The molecule has 0 spiro atoms. The van der Waals surface area contributed by atoms with E-state index in [1.165, 1.54) is 4.90 Å². The van der Waals surface area contributed by atoms with Gasteiger partial charge in [0.05, 0.1) is 47.4 Å². The quantitative estimate of drug-likeness (QED) is 0.109. The zero-order valence-corrected chi connectivity index (χ0v) is 55.5. The molecule has 6 N–H and O–H groups in total. The Balaban J connectivity index is 0.000000194. The van der Waals surface area contributed by atoms with Gasteiger partial charge in [0, 0.05) is 170 Å². The van der Waals surface area contributed by atoms with E-state index in [0.717, 1.165) is 55.6 Å². The van der Waals surface area contributed by atoms with E-state index >= 15 is 0 Å². The molecule has 9 aliphatic heterocycles. The molecule has 82 heavy (non-hydrogen) atoms. The third-order valence-electron chi connectivity index (χ3n) is 19.4. The van der Waals surface area contributed by atoms with E-state index in [-0.39, 0.29) is 189 Å². The summed E-state index contributed by atoms with van der Waals surface area (Å²) in [4.78, 5) is 37.4. The number of hydrogen-bond acceptors (Lipinski definition) is 17. The number of hydrogen-bond donors (Lipinski definition) is 5. The molecule has 5 aromatic rings. The summed E-state index contributed by atoms with van der Waals surface area (Å²) in [5.74, 6) is 2.19. The standard InChI is InChI=1S/C34H32N4O6.C26H30N4O4.2CH4.2Ac/c1-15-9-18-10-22-24(12-35)38-23(28(36(22)4)26(18)30(40)16(15)2)11-21-27(32-31(43-14-44-32)17(3)29(21)39)25(38)13-37-33(41)19-7-5-6-8-20(19)34(37)42;1-11-5-14-6-16-18(8-27)30-17(22(29(16)4)20(14)24(32)12(11)2)7-15-21(19(30)9-28)26-25(33-10-34-26)13(3)23(15)31;;;;/h5-9,22-25,28,39-40H,10-11,13-14H2,1-4H3;5,16-19,22,31-32H,6-7,9-10,28H2,1-4H3;2*1H4;;/t22-,23?,24-,25-,28?;16-,17?,18-,19-,22?;;;;/m00..../s1. The number of phenolic OH excluding ortho intramolecular Hbond substituents is 4. The number of nitriles is 2. The number of nitrogens with two attached hydrogens (primary N) is 1. The summed E-state index contributed by atoms with van der Waals surface area (Å²) in [5.41, 5.74) is 18.9. The number of aryl methyl sites for hydroxylation is 2. The van der Waals surface area contributed by atoms with Crippen LogP contribution in [0.5, 0.6) is 46.0 Å². The molecule has 4 unspecified atom stereocenters. The molecule has 2 fully saturated rings. The molecule has 9 aliphatic rings. The van der Waals surface area contributed by atoms with Gasteiger partial charge in [-0.05, 0) is 127 Å². The van der Waals surface area contributed by atoms with Crippen molar-refractivity contribution in [1.82, 2.24) is 24.5 Å². The topological polar surface area (TPSA) is 242 Å². The summed E-state index contributed by atoms with van der Waals surface area (Å²) in [6.07, 6.45) is 2.12. The van der Waals surface area contributed by atoms with Crippen molar-refractivity contribution >= 4 is 11.8 Å². The number of likely N-dealkylation sites (N-methyl/N-ethyl adjacent to an activating group) is 2. The minimum absolute atomic E-state index is 0. The van der Waals surface area contributed by atoms with Gasteiger partial charge >= 0.3 is 0 Å². The fraction of sp³-hybridized carbons (Fsp3) is 0.452. The summed E-state index contributed by atoms with van der Waals surface area (Å²) in [6, 6.07) is 13.0. The third kappa shape index (κ3) is 8.57. The SMILES string of the molecule is C.C.Cc1cc2c(c(O)c1C)C1C3Cc4c(O)c(C)c5c(c4[C@H](CN)N3[C@@H](C#N)[C@H](C2)N1C)OCO5.Cc1cc2c(c(O)c1C)C1C3Cc4c(O)c(C)c5c(c4[C@H](CN4C(=O)c6ccccc6C4=O)N3[C@@H](C#N)[C@H](C2)N1C)OCO5.[Ac].[Ac]. The van der Waals surface area contributed by atoms with Crippen LogP contribution in [0, 0.1) is 152 Å². The number of phenols is 4. The van der Waals surface area contributed by atoms with E-state index in [9.17, 15) is 40.5 Å². The van der Waals surface area contributed by atoms with Crippen LogP contribution in [0.25, 0.3) is 0 Å². The zero-order valence-electron chi connectivity index (χ0n) is 46.0. The Morgan fingerprint density at radius 3 is 1.35 bits per heavy atom. The first kappa shape index (κ1) is 61.9. The first-order valence-corrected chi connectivity index (χ1v) is 26.8. The number of aromatic hydroxyl groups is 4. The van der Waals surface area contributed by atoms with Gasteiger partial charge in [0.2, 0.25) is 13.6 Å². The van der Waals surface area contributed by atoms with Crippen LogP contribution in [-0.2, 0) is 25.7 Å². The molecule has 0 saturated carbocycles. The van der Waals surface area contributed by atoms with Crippen LogP contribution >= 0.6 is 0 Å². The monoisotopic (exact) mass is 1540 g/mol. The van der Waals surface area contributed by atoms with Crippen LogP contribution in [0.4, 0.5) is 0 Å². The zero-order chi connectivity index (χ0) is 54.8. The number of piperazine rings is 2. The second kappa shape index (κ2) is 22.6. The van der Waals surface area contributed by atoms with Gasteiger partial charge in [0.15, 0.2) is 23.0 Å². The molecule has 2 amide bonds. The van der Waals surface area contributed by atoms with Crippen molar-refractivity contribution in [3.63, 3.8) is 0 Å². The van der Waals surface area contributed by atoms with Gasteiger partial charge in [-0.25, -0.2) is 0 Å². The summed E-state index contributed by atoms with van der Waals surface area (Å²) < 4.78 is 23.4. The molecule has 424 valence electrons. The van der Waals surface area contributed by atoms with Gasteiger partial charge in [0.25, 0.3) is 11.8 Å². The normalized spacial score (nSPS) is 26.4. The van der Waals surface area contributed by atoms with Crippen molar-refractivity contribution in [2.24, 2.45) is 5.73 Å². The van der Waals surface area contributed by atoms with Gasteiger partial charge in [-0.15, -0.1) is 0 Å². The van der Waals surface area contributed by atoms with Gasteiger partial charge < -0.3 is 45.1 Å². The van der Waals surface area contributed by atoms with Crippen molar-refractivity contribution in [1.29, 1.82) is 10.5 Å². The minimum Gasteiger partial charge on any atom is -0.507 e. The Morgan fingerprint density at radius 1 is 0.561 bits per heavy atom. The predicted molar refractivity (Wildman–Crippen MR) is 296 cm³/mol.